The molecule has 174 valence electrons. The van der Waals surface area contributed by atoms with Crippen LogP contribution in [0.2, 0.25) is 0 Å². The Balaban J connectivity index is 1.37. The van der Waals surface area contributed by atoms with Gasteiger partial charge >= 0.3 is 0 Å². The SMILES string of the molecule is c1ccc(-c2ccc(C3=NC(c4cccc(-c5ccccc5)c4)NC(c4ccccc4)[NH2+]3)cc2)cc1. The summed E-state index contributed by atoms with van der Waals surface area (Å²) in [5, 5.41) is 6.00. The van der Waals surface area contributed by atoms with Crippen LogP contribution >= 0.6 is 0 Å². The summed E-state index contributed by atoms with van der Waals surface area (Å²) in [6.45, 7) is 0. The van der Waals surface area contributed by atoms with E-state index in [0.29, 0.717) is 0 Å². The molecule has 0 saturated heterocycles. The highest BCUT2D eigenvalue weighted by Gasteiger charge is 2.29. The molecule has 0 spiro atoms. The Hall–Kier alpha value is -4.31. The molecule has 0 aromatic heterocycles. The van der Waals surface area contributed by atoms with Gasteiger partial charge in [-0.25, -0.2) is 10.3 Å². The van der Waals surface area contributed by atoms with Gasteiger partial charge < -0.3 is 0 Å². The maximum absolute atomic E-state index is 5.19. The highest BCUT2D eigenvalue weighted by Crippen LogP contribution is 2.27. The quantitative estimate of drug-likeness (QED) is 0.312. The molecule has 0 saturated carbocycles. The fourth-order valence-electron chi connectivity index (χ4n) is 4.77. The van der Waals surface area contributed by atoms with Gasteiger partial charge in [-0.05, 0) is 46.0 Å². The molecular weight excluding hydrogens is 438 g/mol. The lowest BCUT2D eigenvalue weighted by atomic mass is 10.0. The molecule has 2 atom stereocenters. The van der Waals surface area contributed by atoms with E-state index in [4.69, 9.17) is 4.99 Å². The number of hydrogen-bond donors (Lipinski definition) is 2. The molecular formula is C33H28N3+. The zero-order valence-electron chi connectivity index (χ0n) is 20.0. The van der Waals surface area contributed by atoms with Gasteiger partial charge in [-0.15, -0.1) is 0 Å². The summed E-state index contributed by atoms with van der Waals surface area (Å²) in [4.78, 5) is 5.19. The number of hydrogen-bond acceptors (Lipinski definition) is 2. The van der Waals surface area contributed by atoms with Gasteiger partial charge in [0.15, 0.2) is 6.17 Å². The molecule has 0 amide bonds. The van der Waals surface area contributed by atoms with Crippen LogP contribution in [0.5, 0.6) is 0 Å². The van der Waals surface area contributed by atoms with E-state index in [1.165, 1.54) is 27.8 Å². The van der Waals surface area contributed by atoms with Gasteiger partial charge in [-0.3, -0.25) is 5.32 Å². The molecule has 6 rings (SSSR count). The molecule has 1 aliphatic rings. The summed E-state index contributed by atoms with van der Waals surface area (Å²) in [7, 11) is 0. The lowest BCUT2D eigenvalue weighted by Gasteiger charge is -2.28. The van der Waals surface area contributed by atoms with Gasteiger partial charge in [-0.2, -0.15) is 0 Å². The second kappa shape index (κ2) is 10.1. The molecule has 0 radical (unpaired) electrons. The van der Waals surface area contributed by atoms with Crippen molar-refractivity contribution in [3.05, 3.63) is 156 Å². The van der Waals surface area contributed by atoms with Crippen molar-refractivity contribution in [1.82, 2.24) is 5.32 Å². The van der Waals surface area contributed by atoms with E-state index in [0.717, 1.165) is 17.0 Å². The van der Waals surface area contributed by atoms with Gasteiger partial charge in [0, 0.05) is 5.56 Å². The van der Waals surface area contributed by atoms with E-state index in [-0.39, 0.29) is 12.3 Å². The summed E-state index contributed by atoms with van der Waals surface area (Å²) >= 11 is 0. The van der Waals surface area contributed by atoms with Crippen LogP contribution in [0, 0.1) is 0 Å². The van der Waals surface area contributed by atoms with Crippen LogP contribution in [-0.2, 0) is 0 Å². The number of quaternary nitrogens is 1. The van der Waals surface area contributed by atoms with Crippen molar-refractivity contribution in [3.63, 3.8) is 0 Å². The second-order valence-electron chi connectivity index (χ2n) is 9.07. The molecule has 0 bridgehead atoms. The summed E-state index contributed by atoms with van der Waals surface area (Å²) in [5.74, 6) is 1.01. The molecule has 3 heteroatoms. The summed E-state index contributed by atoms with van der Waals surface area (Å²) in [5.41, 5.74) is 8.35. The molecule has 0 fully saturated rings. The van der Waals surface area contributed by atoms with Crippen LogP contribution in [0.1, 0.15) is 29.0 Å². The first-order chi connectivity index (χ1) is 17.8. The average molecular weight is 467 g/mol. The lowest BCUT2D eigenvalue weighted by Crippen LogP contribution is -2.93. The van der Waals surface area contributed by atoms with Crippen LogP contribution in [0.15, 0.2) is 145 Å². The largest absolute Gasteiger partial charge is 0.278 e. The predicted octanol–water partition coefficient (Wildman–Crippen LogP) is 6.33. The Morgan fingerprint density at radius 1 is 0.472 bits per heavy atom. The number of nitrogens with two attached hydrogens (primary N) is 1. The third-order valence-corrected chi connectivity index (χ3v) is 6.69. The Bertz CT molecular complexity index is 1460. The number of nitrogens with one attached hydrogen (secondary N) is 1. The van der Waals surface area contributed by atoms with Gasteiger partial charge in [-0.1, -0.05) is 121 Å². The fourth-order valence-corrected chi connectivity index (χ4v) is 4.77. The van der Waals surface area contributed by atoms with Crippen molar-refractivity contribution in [1.29, 1.82) is 0 Å². The molecule has 1 aliphatic heterocycles. The van der Waals surface area contributed by atoms with Gasteiger partial charge in [0.1, 0.15) is 6.17 Å². The minimum absolute atomic E-state index is 0.0675. The monoisotopic (exact) mass is 466 g/mol. The Morgan fingerprint density at radius 2 is 0.972 bits per heavy atom. The maximum Gasteiger partial charge on any atom is 0.230 e. The summed E-state index contributed by atoms with van der Waals surface area (Å²) in [6, 6.07) is 49.0. The molecule has 3 N–H and O–H groups in total. The Morgan fingerprint density at radius 3 is 1.64 bits per heavy atom. The number of benzene rings is 5. The number of amidine groups is 1. The van der Waals surface area contributed by atoms with Gasteiger partial charge in [0.2, 0.25) is 5.84 Å². The van der Waals surface area contributed by atoms with Crippen molar-refractivity contribution >= 4 is 5.84 Å². The van der Waals surface area contributed by atoms with Crippen LogP contribution in [0.25, 0.3) is 22.3 Å². The van der Waals surface area contributed by atoms with Crippen molar-refractivity contribution in [2.75, 3.05) is 0 Å². The third kappa shape index (κ3) is 4.76. The molecule has 36 heavy (non-hydrogen) atoms. The molecule has 1 heterocycles. The van der Waals surface area contributed by atoms with E-state index in [1.54, 1.807) is 0 Å². The lowest BCUT2D eigenvalue weighted by molar-refractivity contribution is -0.600. The third-order valence-electron chi connectivity index (χ3n) is 6.69. The molecule has 3 nitrogen and oxygen atoms in total. The predicted molar refractivity (Wildman–Crippen MR) is 147 cm³/mol. The van der Waals surface area contributed by atoms with Crippen LogP contribution in [0.4, 0.5) is 0 Å². The Labute approximate surface area is 212 Å². The van der Waals surface area contributed by atoms with Crippen molar-refractivity contribution in [2.45, 2.75) is 12.3 Å². The minimum atomic E-state index is -0.146. The van der Waals surface area contributed by atoms with E-state index in [2.05, 4.69) is 144 Å². The molecule has 5 aromatic carbocycles. The number of rotatable bonds is 5. The topological polar surface area (TPSA) is 41.0 Å². The van der Waals surface area contributed by atoms with Crippen molar-refractivity contribution in [3.8, 4) is 22.3 Å². The van der Waals surface area contributed by atoms with Gasteiger partial charge in [0.05, 0.1) is 5.56 Å². The first kappa shape index (κ1) is 22.2. The normalized spacial score (nSPS) is 17.4. The van der Waals surface area contributed by atoms with E-state index >= 15 is 0 Å². The Kier molecular flexibility index (Phi) is 6.24. The zero-order chi connectivity index (χ0) is 24.2. The van der Waals surface area contributed by atoms with Crippen LogP contribution in [0.3, 0.4) is 0 Å². The smallest absolute Gasteiger partial charge is 0.230 e. The summed E-state index contributed by atoms with van der Waals surface area (Å²) in [6.07, 6.45) is -0.0782. The highest BCUT2D eigenvalue weighted by atomic mass is 15.3. The van der Waals surface area contributed by atoms with E-state index in [1.807, 2.05) is 6.07 Å². The first-order valence-electron chi connectivity index (χ1n) is 12.4. The fraction of sp³-hybridized carbons (Fsp3) is 0.0606. The number of aliphatic imine (C=N–C) groups is 1. The molecule has 5 aromatic rings. The standard InChI is InChI=1S/C33H27N3/c1-4-11-24(12-5-1)26-19-21-28(22-20-26)32-34-31(27-15-8-3-9-16-27)35-33(36-32)30-18-10-17-29(23-30)25-13-6-2-7-14-25/h1-23,31,33,35H,(H,34,36)/p+1. The second-order valence-corrected chi connectivity index (χ2v) is 9.07. The van der Waals surface area contributed by atoms with E-state index < -0.39 is 0 Å². The number of nitrogens with zero attached hydrogens (tertiary/aromatic N) is 1. The molecule has 2 unspecified atom stereocenters. The molecule has 0 aliphatic carbocycles. The zero-order valence-corrected chi connectivity index (χ0v) is 20.0. The van der Waals surface area contributed by atoms with Gasteiger partial charge in [0.25, 0.3) is 0 Å². The van der Waals surface area contributed by atoms with Crippen LogP contribution in [-0.4, -0.2) is 5.84 Å². The highest BCUT2D eigenvalue weighted by molar-refractivity contribution is 5.92. The van der Waals surface area contributed by atoms with Crippen molar-refractivity contribution < 1.29 is 5.32 Å². The minimum Gasteiger partial charge on any atom is -0.278 e. The van der Waals surface area contributed by atoms with Crippen molar-refractivity contribution in [2.24, 2.45) is 4.99 Å². The average Bonchev–Trinajstić information content (AvgIpc) is 2.98. The van der Waals surface area contributed by atoms with E-state index in [9.17, 15) is 0 Å². The first-order valence-corrected chi connectivity index (χ1v) is 12.4. The maximum atomic E-state index is 5.19. The van der Waals surface area contributed by atoms with Crippen LogP contribution < -0.4 is 10.6 Å². The summed E-state index contributed by atoms with van der Waals surface area (Å²) < 4.78 is 0.